The van der Waals surface area contributed by atoms with Crippen molar-refractivity contribution in [3.63, 3.8) is 0 Å². The van der Waals surface area contributed by atoms with E-state index in [0.717, 1.165) is 57.9 Å². The third-order valence-corrected chi connectivity index (χ3v) is 4.59. The van der Waals surface area contributed by atoms with Crippen LogP contribution in [0.25, 0.3) is 0 Å². The van der Waals surface area contributed by atoms with Gasteiger partial charge in [0.05, 0.1) is 6.73 Å². The number of hydrogen-bond acceptors (Lipinski definition) is 4. The summed E-state index contributed by atoms with van der Waals surface area (Å²) in [4.78, 5) is 12.2. The minimum absolute atomic E-state index is 0.718. The van der Waals surface area contributed by atoms with E-state index in [0.29, 0.717) is 0 Å². The molecule has 0 saturated heterocycles. The highest BCUT2D eigenvalue weighted by Gasteiger charge is 2.19. The molecule has 2 heterocycles. The van der Waals surface area contributed by atoms with E-state index in [-0.39, 0.29) is 0 Å². The van der Waals surface area contributed by atoms with Gasteiger partial charge in [0.1, 0.15) is 5.82 Å². The van der Waals surface area contributed by atoms with Crippen molar-refractivity contribution in [1.82, 2.24) is 14.9 Å². The molecule has 1 aromatic carbocycles. The van der Waals surface area contributed by atoms with E-state index in [2.05, 4.69) is 36.1 Å². The monoisotopic (exact) mass is 325 g/mol. The molecule has 128 valence electrons. The van der Waals surface area contributed by atoms with Gasteiger partial charge in [0.15, 0.2) is 0 Å². The normalized spacial score (nSPS) is 15.1. The Morgan fingerprint density at radius 2 is 1.83 bits per heavy atom. The van der Waals surface area contributed by atoms with Gasteiger partial charge in [-0.2, -0.15) is 0 Å². The van der Waals surface area contributed by atoms with E-state index in [9.17, 15) is 0 Å². The van der Waals surface area contributed by atoms with Crippen LogP contribution in [0.3, 0.4) is 0 Å². The van der Waals surface area contributed by atoms with Crippen molar-refractivity contribution in [3.8, 4) is 0 Å². The Hall–Kier alpha value is -1.78. The number of fused-ring (bicyclic) bond motifs is 1. The maximum Gasteiger partial charge on any atom is 0.133 e. The highest BCUT2D eigenvalue weighted by Crippen LogP contribution is 2.19. The van der Waals surface area contributed by atoms with E-state index in [1.165, 1.54) is 22.5 Å². The van der Waals surface area contributed by atoms with E-state index in [1.54, 1.807) is 0 Å². The maximum absolute atomic E-state index is 5.58. The molecule has 0 aliphatic carbocycles. The Bertz CT molecular complexity index is 657. The quantitative estimate of drug-likeness (QED) is 0.818. The largest absolute Gasteiger partial charge is 0.366 e. The molecule has 0 atom stereocenters. The zero-order valence-corrected chi connectivity index (χ0v) is 14.8. The molecule has 0 N–H and O–H groups in total. The molecule has 0 bridgehead atoms. The molecule has 2 aromatic rings. The van der Waals surface area contributed by atoms with Crippen LogP contribution in [0.1, 0.15) is 42.2 Å². The first kappa shape index (κ1) is 17.1. The van der Waals surface area contributed by atoms with E-state index in [4.69, 9.17) is 14.7 Å². The third kappa shape index (κ3) is 4.19. The number of nitrogens with zero attached hydrogens (tertiary/aromatic N) is 3. The molecule has 3 rings (SSSR count). The Morgan fingerprint density at radius 3 is 2.58 bits per heavy atom. The van der Waals surface area contributed by atoms with Crippen molar-refractivity contribution in [1.29, 1.82) is 0 Å². The predicted molar refractivity (Wildman–Crippen MR) is 96.1 cm³/mol. The third-order valence-electron chi connectivity index (χ3n) is 4.59. The minimum atomic E-state index is 0.718. The molecule has 4 heteroatoms. The number of aryl methyl sites for hydroxylation is 1. The molecular weight excluding hydrogens is 298 g/mol. The van der Waals surface area contributed by atoms with Gasteiger partial charge in [-0.25, -0.2) is 9.97 Å². The fourth-order valence-corrected chi connectivity index (χ4v) is 3.28. The van der Waals surface area contributed by atoms with E-state index in [1.807, 2.05) is 13.0 Å². The van der Waals surface area contributed by atoms with Crippen molar-refractivity contribution >= 4 is 0 Å². The molecule has 4 nitrogen and oxygen atoms in total. The molecule has 1 aromatic heterocycles. The van der Waals surface area contributed by atoms with Crippen LogP contribution in [0.4, 0.5) is 0 Å². The maximum atomic E-state index is 5.58. The first-order chi connectivity index (χ1) is 11.8. The molecule has 0 amide bonds. The first-order valence-electron chi connectivity index (χ1n) is 9.01. The standard InChI is InChI=1S/C20H27N3O/c1-3-18-17-10-12-23(15-24-4-2)13-11-19(17)22-20(21-18)14-16-8-6-5-7-9-16/h5-9H,3-4,10-15H2,1-2H3. The molecule has 0 fully saturated rings. The summed E-state index contributed by atoms with van der Waals surface area (Å²) in [7, 11) is 0. The fraction of sp³-hybridized carbons (Fsp3) is 0.500. The average Bonchev–Trinajstić information content (AvgIpc) is 2.82. The zero-order chi connectivity index (χ0) is 16.8. The van der Waals surface area contributed by atoms with Crippen LogP contribution in [-0.4, -0.2) is 41.3 Å². The van der Waals surface area contributed by atoms with Gasteiger partial charge in [0.25, 0.3) is 0 Å². The highest BCUT2D eigenvalue weighted by atomic mass is 16.5. The molecule has 24 heavy (non-hydrogen) atoms. The number of rotatable bonds is 6. The lowest BCUT2D eigenvalue weighted by Gasteiger charge is -2.18. The van der Waals surface area contributed by atoms with Crippen LogP contribution < -0.4 is 0 Å². The molecule has 1 aliphatic heterocycles. The van der Waals surface area contributed by atoms with E-state index < -0.39 is 0 Å². The molecular formula is C20H27N3O. The van der Waals surface area contributed by atoms with Gasteiger partial charge < -0.3 is 4.74 Å². The lowest BCUT2D eigenvalue weighted by molar-refractivity contribution is 0.0380. The zero-order valence-electron chi connectivity index (χ0n) is 14.8. The summed E-state index contributed by atoms with van der Waals surface area (Å²) in [5, 5.41) is 0. The van der Waals surface area contributed by atoms with Crippen molar-refractivity contribution in [3.05, 3.63) is 58.7 Å². The first-order valence-corrected chi connectivity index (χ1v) is 9.01. The topological polar surface area (TPSA) is 38.2 Å². The van der Waals surface area contributed by atoms with Gasteiger partial charge in [-0.15, -0.1) is 0 Å². The predicted octanol–water partition coefficient (Wildman–Crippen LogP) is 3.02. The second-order valence-electron chi connectivity index (χ2n) is 6.27. The lowest BCUT2D eigenvalue weighted by Crippen LogP contribution is -2.29. The summed E-state index contributed by atoms with van der Waals surface area (Å²) in [5.41, 5.74) is 5.11. The summed E-state index contributed by atoms with van der Waals surface area (Å²) < 4.78 is 5.58. The van der Waals surface area contributed by atoms with Gasteiger partial charge >= 0.3 is 0 Å². The molecule has 0 spiro atoms. The number of benzene rings is 1. The van der Waals surface area contributed by atoms with Crippen molar-refractivity contribution in [2.24, 2.45) is 0 Å². The summed E-state index contributed by atoms with van der Waals surface area (Å²) in [5.74, 6) is 0.954. The summed E-state index contributed by atoms with van der Waals surface area (Å²) in [6.07, 6.45) is 3.79. The number of hydrogen-bond donors (Lipinski definition) is 0. The van der Waals surface area contributed by atoms with E-state index >= 15 is 0 Å². The lowest BCUT2D eigenvalue weighted by atomic mass is 10.0. The van der Waals surface area contributed by atoms with Gasteiger partial charge in [0.2, 0.25) is 0 Å². The van der Waals surface area contributed by atoms with Gasteiger partial charge in [0, 0.05) is 43.9 Å². The van der Waals surface area contributed by atoms with Crippen LogP contribution in [0, 0.1) is 0 Å². The van der Waals surface area contributed by atoms with Crippen molar-refractivity contribution in [2.75, 3.05) is 26.4 Å². The summed E-state index contributed by atoms with van der Waals surface area (Å²) >= 11 is 0. The van der Waals surface area contributed by atoms with Crippen LogP contribution in [0.5, 0.6) is 0 Å². The highest BCUT2D eigenvalue weighted by molar-refractivity contribution is 5.30. The molecule has 0 radical (unpaired) electrons. The number of ether oxygens (including phenoxy) is 1. The molecule has 0 unspecified atom stereocenters. The van der Waals surface area contributed by atoms with Gasteiger partial charge in [-0.1, -0.05) is 37.3 Å². The smallest absolute Gasteiger partial charge is 0.133 e. The van der Waals surface area contributed by atoms with Gasteiger partial charge in [-0.3, -0.25) is 4.90 Å². The second-order valence-corrected chi connectivity index (χ2v) is 6.27. The Kier molecular flexibility index (Phi) is 5.94. The Labute approximate surface area is 144 Å². The molecule has 1 aliphatic rings. The average molecular weight is 325 g/mol. The van der Waals surface area contributed by atoms with Crippen LogP contribution in [-0.2, 0) is 30.4 Å². The Morgan fingerprint density at radius 1 is 1.04 bits per heavy atom. The number of aromatic nitrogens is 2. The fourth-order valence-electron chi connectivity index (χ4n) is 3.28. The minimum Gasteiger partial charge on any atom is -0.366 e. The second kappa shape index (κ2) is 8.36. The summed E-state index contributed by atoms with van der Waals surface area (Å²) in [6, 6.07) is 10.5. The van der Waals surface area contributed by atoms with Crippen LogP contribution in [0.2, 0.25) is 0 Å². The van der Waals surface area contributed by atoms with Crippen LogP contribution in [0.15, 0.2) is 30.3 Å². The molecule has 0 saturated carbocycles. The van der Waals surface area contributed by atoms with Gasteiger partial charge in [-0.05, 0) is 30.9 Å². The van der Waals surface area contributed by atoms with Crippen LogP contribution >= 0.6 is 0 Å². The van der Waals surface area contributed by atoms with Crippen molar-refractivity contribution in [2.45, 2.75) is 39.5 Å². The van der Waals surface area contributed by atoms with Crippen molar-refractivity contribution < 1.29 is 4.74 Å². The SMILES string of the molecule is CCOCN1CCc2nc(Cc3ccccc3)nc(CC)c2CC1. The summed E-state index contributed by atoms with van der Waals surface area (Å²) in [6.45, 7) is 7.77. The Balaban J connectivity index is 1.80.